The fraction of sp³-hybridized carbons (Fsp3) is 0.500. The summed E-state index contributed by atoms with van der Waals surface area (Å²) in [6.07, 6.45) is 3.62. The molecule has 2 fully saturated rings. The first-order valence-electron chi connectivity index (χ1n) is 13.5. The Labute approximate surface area is 231 Å². The van der Waals surface area contributed by atoms with E-state index in [9.17, 15) is 9.59 Å². The fourth-order valence-electron chi connectivity index (χ4n) is 4.94. The van der Waals surface area contributed by atoms with Gasteiger partial charge in [-0.3, -0.25) is 4.79 Å². The van der Waals surface area contributed by atoms with E-state index in [-0.39, 0.29) is 18.7 Å². The van der Waals surface area contributed by atoms with Crippen LogP contribution in [0.15, 0.2) is 18.5 Å². The van der Waals surface area contributed by atoms with Gasteiger partial charge in [-0.2, -0.15) is 0 Å². The summed E-state index contributed by atoms with van der Waals surface area (Å²) >= 11 is 0. The van der Waals surface area contributed by atoms with Crippen LogP contribution in [0.4, 0.5) is 4.79 Å². The molecule has 1 aliphatic carbocycles. The van der Waals surface area contributed by atoms with Gasteiger partial charge in [0, 0.05) is 18.3 Å². The molecule has 4 heterocycles. The van der Waals surface area contributed by atoms with Crippen molar-refractivity contribution in [1.82, 2.24) is 25.3 Å². The summed E-state index contributed by atoms with van der Waals surface area (Å²) in [6, 6.07) is 3.49. The molecule has 1 amide bonds. The van der Waals surface area contributed by atoms with Crippen molar-refractivity contribution in [3.63, 3.8) is 0 Å². The maximum absolute atomic E-state index is 13.5. The second-order valence-electron chi connectivity index (χ2n) is 11.4. The number of rotatable bonds is 7. The maximum Gasteiger partial charge on any atom is 0.528 e. The van der Waals surface area contributed by atoms with E-state index >= 15 is 0 Å². The zero-order valence-corrected chi connectivity index (χ0v) is 23.0. The Bertz CT molecular complexity index is 1460. The van der Waals surface area contributed by atoms with E-state index in [2.05, 4.69) is 20.3 Å². The highest BCUT2D eigenvalue weighted by atomic mass is 16.8. The molecule has 0 radical (unpaired) electrons. The average molecular weight is 552 g/mol. The van der Waals surface area contributed by atoms with Gasteiger partial charge < -0.3 is 34.1 Å². The standard InChI is InChI=1S/C28H33N5O7/c1-15-20(26(34)32-17-9-10-33(11-17)40-27(35)39-28(2,3)4)22-24(31-15)23(30-13-29-22)21-18(36-12-16-5-6-16)7-8-19-25(21)38-14-37-19/h7-8,13,16-17,31H,5-6,9-12,14H2,1-4H3,(H,32,34)/t17-/m1/s1. The highest BCUT2D eigenvalue weighted by Crippen LogP contribution is 2.48. The Kier molecular flexibility index (Phi) is 6.65. The summed E-state index contributed by atoms with van der Waals surface area (Å²) in [7, 11) is 0. The molecule has 12 heteroatoms. The normalized spacial score (nSPS) is 18.6. The average Bonchev–Trinajstić information content (AvgIpc) is 3.24. The van der Waals surface area contributed by atoms with Crippen molar-refractivity contribution in [2.45, 2.75) is 58.6 Å². The lowest BCUT2D eigenvalue weighted by Crippen LogP contribution is -2.38. The molecule has 1 saturated heterocycles. The van der Waals surface area contributed by atoms with E-state index < -0.39 is 11.8 Å². The lowest BCUT2D eigenvalue weighted by atomic mass is 10.1. The number of fused-ring (bicyclic) bond motifs is 2. The number of nitrogens with zero attached hydrogens (tertiary/aromatic N) is 3. The van der Waals surface area contributed by atoms with Crippen molar-refractivity contribution in [3.05, 3.63) is 29.7 Å². The quantitative estimate of drug-likeness (QED) is 0.413. The van der Waals surface area contributed by atoms with Gasteiger partial charge in [0.2, 0.25) is 6.79 Å². The van der Waals surface area contributed by atoms with E-state index in [1.807, 2.05) is 19.1 Å². The Morgan fingerprint density at radius 1 is 1.18 bits per heavy atom. The number of aromatic nitrogens is 3. The highest BCUT2D eigenvalue weighted by molar-refractivity contribution is 6.09. The van der Waals surface area contributed by atoms with Gasteiger partial charge in [-0.25, -0.2) is 14.8 Å². The summed E-state index contributed by atoms with van der Waals surface area (Å²) < 4.78 is 22.9. The summed E-state index contributed by atoms with van der Waals surface area (Å²) in [5, 5.41) is 4.56. The van der Waals surface area contributed by atoms with Gasteiger partial charge in [0.15, 0.2) is 11.5 Å². The smallest absolute Gasteiger partial charge is 0.492 e. The number of hydroxylamine groups is 2. The number of carbonyl (C=O) groups is 2. The van der Waals surface area contributed by atoms with Crippen molar-refractivity contribution in [1.29, 1.82) is 0 Å². The zero-order valence-electron chi connectivity index (χ0n) is 23.0. The lowest BCUT2D eigenvalue weighted by Gasteiger charge is -2.21. The van der Waals surface area contributed by atoms with Gasteiger partial charge >= 0.3 is 6.16 Å². The number of carbonyl (C=O) groups excluding carboxylic acids is 2. The number of aryl methyl sites for hydroxylation is 1. The number of H-pyrrole nitrogens is 1. The molecular formula is C28H33N5O7. The molecule has 2 aliphatic heterocycles. The van der Waals surface area contributed by atoms with Crippen molar-refractivity contribution in [2.24, 2.45) is 5.92 Å². The number of benzene rings is 1. The van der Waals surface area contributed by atoms with Crippen molar-refractivity contribution in [3.8, 4) is 28.5 Å². The number of hydrogen-bond donors (Lipinski definition) is 2. The predicted octanol–water partition coefficient (Wildman–Crippen LogP) is 4.12. The van der Waals surface area contributed by atoms with Crippen LogP contribution in [-0.2, 0) is 9.57 Å². The van der Waals surface area contributed by atoms with Crippen LogP contribution in [0.3, 0.4) is 0 Å². The zero-order chi connectivity index (χ0) is 28.0. The molecule has 12 nitrogen and oxygen atoms in total. The summed E-state index contributed by atoms with van der Waals surface area (Å²) in [6.45, 7) is 8.70. The molecule has 1 atom stereocenters. The summed E-state index contributed by atoms with van der Waals surface area (Å²) in [5.41, 5.74) is 2.76. The molecule has 1 saturated carbocycles. The van der Waals surface area contributed by atoms with Crippen LogP contribution in [0, 0.1) is 12.8 Å². The van der Waals surface area contributed by atoms with E-state index in [4.69, 9.17) is 23.8 Å². The molecule has 2 N–H and O–H groups in total. The van der Waals surface area contributed by atoms with Crippen molar-refractivity contribution < 1.29 is 33.4 Å². The monoisotopic (exact) mass is 551 g/mol. The minimum atomic E-state index is -0.765. The van der Waals surface area contributed by atoms with E-state index in [1.165, 1.54) is 11.4 Å². The van der Waals surface area contributed by atoms with Crippen molar-refractivity contribution in [2.75, 3.05) is 26.5 Å². The fourth-order valence-corrected chi connectivity index (χ4v) is 4.94. The SMILES string of the molecule is Cc1[nH]c2c(-c3c(OCC4CC4)ccc4c3OCO4)ncnc2c1C(=O)N[C@@H]1CCN(OC(=O)OC(C)(C)C)C1. The van der Waals surface area contributed by atoms with Crippen molar-refractivity contribution >= 4 is 23.1 Å². The second kappa shape index (κ2) is 10.2. The number of amides is 1. The Morgan fingerprint density at radius 2 is 2.00 bits per heavy atom. The first-order chi connectivity index (χ1) is 19.2. The van der Waals surface area contributed by atoms with Crippen LogP contribution in [0.5, 0.6) is 17.2 Å². The lowest BCUT2D eigenvalue weighted by molar-refractivity contribution is -0.130. The molecule has 0 spiro atoms. The van der Waals surface area contributed by atoms with Crippen LogP contribution in [0.2, 0.25) is 0 Å². The van der Waals surface area contributed by atoms with Crippen LogP contribution < -0.4 is 19.5 Å². The first-order valence-corrected chi connectivity index (χ1v) is 13.5. The van der Waals surface area contributed by atoms with E-state index in [0.717, 1.165) is 12.8 Å². The number of hydrogen-bond acceptors (Lipinski definition) is 10. The van der Waals surface area contributed by atoms with E-state index in [1.54, 1.807) is 20.8 Å². The maximum atomic E-state index is 13.5. The van der Waals surface area contributed by atoms with Crippen LogP contribution in [0.1, 0.15) is 56.1 Å². The minimum absolute atomic E-state index is 0.107. The molecule has 3 aliphatic rings. The first kappa shape index (κ1) is 26.2. The Hall–Kier alpha value is -4.06. The highest BCUT2D eigenvalue weighted by Gasteiger charge is 2.32. The molecule has 6 rings (SSSR count). The molecule has 1 aromatic carbocycles. The molecule has 0 unspecified atom stereocenters. The molecule has 212 valence electrons. The summed E-state index contributed by atoms with van der Waals surface area (Å²) in [5.74, 6) is 2.10. The minimum Gasteiger partial charge on any atom is -0.492 e. The van der Waals surface area contributed by atoms with Gasteiger partial charge in [0.1, 0.15) is 28.9 Å². The van der Waals surface area contributed by atoms with Gasteiger partial charge in [-0.1, -0.05) is 0 Å². The molecule has 3 aromatic rings. The summed E-state index contributed by atoms with van der Waals surface area (Å²) in [4.78, 5) is 43.2. The van der Waals surface area contributed by atoms with Gasteiger partial charge in [-0.15, -0.1) is 5.06 Å². The Morgan fingerprint density at radius 3 is 2.77 bits per heavy atom. The van der Waals surface area contributed by atoms with Gasteiger partial charge in [-0.05, 0) is 65.0 Å². The van der Waals surface area contributed by atoms with Gasteiger partial charge in [0.25, 0.3) is 5.91 Å². The Balaban J connectivity index is 1.24. The molecule has 2 aromatic heterocycles. The van der Waals surface area contributed by atoms with E-state index in [0.29, 0.717) is 82.8 Å². The third-order valence-corrected chi connectivity index (χ3v) is 6.99. The molecule has 40 heavy (non-hydrogen) atoms. The van der Waals surface area contributed by atoms with Crippen LogP contribution in [-0.4, -0.2) is 70.2 Å². The largest absolute Gasteiger partial charge is 0.528 e. The van der Waals surface area contributed by atoms with Gasteiger partial charge in [0.05, 0.1) is 29.8 Å². The molecule has 0 bridgehead atoms. The topological polar surface area (TPSA) is 137 Å². The molecular weight excluding hydrogens is 518 g/mol. The van der Waals surface area contributed by atoms with Crippen LogP contribution >= 0.6 is 0 Å². The number of ether oxygens (including phenoxy) is 4. The third-order valence-electron chi connectivity index (χ3n) is 6.99. The number of aromatic amines is 1. The van der Waals surface area contributed by atoms with Crippen LogP contribution in [0.25, 0.3) is 22.3 Å². The predicted molar refractivity (Wildman–Crippen MR) is 143 cm³/mol. The number of nitrogens with one attached hydrogen (secondary N) is 2. The second-order valence-corrected chi connectivity index (χ2v) is 11.4. The third kappa shape index (κ3) is 5.35.